The Bertz CT molecular complexity index is 1130. The Morgan fingerprint density at radius 2 is 1.24 bits per heavy atom. The first kappa shape index (κ1) is 23.2. The average Bonchev–Trinajstić information content (AvgIpc) is 2.84. The molecule has 1 aliphatic rings. The van der Waals surface area contributed by atoms with E-state index in [1.165, 1.54) is 12.1 Å². The summed E-state index contributed by atoms with van der Waals surface area (Å²) in [7, 11) is 0. The van der Waals surface area contributed by atoms with Crippen LogP contribution in [-0.4, -0.2) is 43.0 Å². The minimum Gasteiger partial charge on any atom is -0.368 e. The number of anilines is 3. The molecule has 1 saturated heterocycles. The molecule has 0 aliphatic carbocycles. The lowest BCUT2D eigenvalue weighted by Crippen LogP contribution is -2.48. The smallest absolute Gasteiger partial charge is 0.368 e. The van der Waals surface area contributed by atoms with E-state index in [1.807, 2.05) is 47.4 Å². The van der Waals surface area contributed by atoms with Crippen LogP contribution in [0.5, 0.6) is 0 Å². The maximum absolute atomic E-state index is 12.6. The van der Waals surface area contributed by atoms with Gasteiger partial charge in [-0.15, -0.1) is 0 Å². The second-order valence-corrected chi connectivity index (χ2v) is 7.85. The van der Waals surface area contributed by atoms with Crippen molar-refractivity contribution in [3.05, 3.63) is 90.0 Å². The predicted molar refractivity (Wildman–Crippen MR) is 125 cm³/mol. The Morgan fingerprint density at radius 3 is 1.76 bits per heavy atom. The lowest BCUT2D eigenvalue weighted by molar-refractivity contribution is -0.137. The molecule has 34 heavy (non-hydrogen) atoms. The summed E-state index contributed by atoms with van der Waals surface area (Å²) in [6.07, 6.45) is -4.42. The van der Waals surface area contributed by atoms with E-state index >= 15 is 0 Å². The van der Waals surface area contributed by atoms with Crippen molar-refractivity contribution in [2.75, 3.05) is 41.7 Å². The summed E-state index contributed by atoms with van der Waals surface area (Å²) >= 11 is 0. The van der Waals surface area contributed by atoms with Gasteiger partial charge in [0.2, 0.25) is 0 Å². The van der Waals surface area contributed by atoms with Crippen molar-refractivity contribution < 1.29 is 22.8 Å². The lowest BCUT2D eigenvalue weighted by Gasteiger charge is -2.36. The molecule has 1 fully saturated rings. The van der Waals surface area contributed by atoms with Crippen molar-refractivity contribution in [3.63, 3.8) is 0 Å². The number of hydrogen-bond acceptors (Lipinski definition) is 3. The molecule has 176 valence electrons. The minimum atomic E-state index is -4.42. The monoisotopic (exact) mass is 468 g/mol. The number of halogens is 3. The standard InChI is InChI=1S/C25H23F3N4O2/c26-25(27,28)19-6-8-20(9-7-19)29-24(34)30-21-10-12-22(13-11-21)31-14-16-32(17-15-31)23(33)18-4-2-1-3-5-18/h1-13H,14-17H2,(H2,29,30,34). The van der Waals surface area contributed by atoms with E-state index in [1.54, 1.807) is 12.1 Å². The van der Waals surface area contributed by atoms with Gasteiger partial charge in [-0.05, 0) is 60.7 Å². The zero-order valence-corrected chi connectivity index (χ0v) is 18.2. The van der Waals surface area contributed by atoms with Crippen LogP contribution >= 0.6 is 0 Å². The summed E-state index contributed by atoms with van der Waals surface area (Å²) in [5.41, 5.74) is 1.68. The molecule has 0 bridgehead atoms. The number of nitrogens with one attached hydrogen (secondary N) is 2. The van der Waals surface area contributed by atoms with Gasteiger partial charge in [-0.1, -0.05) is 18.2 Å². The molecular weight excluding hydrogens is 445 g/mol. The van der Waals surface area contributed by atoms with Crippen LogP contribution in [0.3, 0.4) is 0 Å². The predicted octanol–water partition coefficient (Wildman–Crippen LogP) is 5.31. The van der Waals surface area contributed by atoms with Gasteiger partial charge in [0.1, 0.15) is 0 Å². The van der Waals surface area contributed by atoms with E-state index in [4.69, 9.17) is 0 Å². The highest BCUT2D eigenvalue weighted by Crippen LogP contribution is 2.30. The van der Waals surface area contributed by atoms with Gasteiger partial charge >= 0.3 is 12.2 Å². The number of nitrogens with zero attached hydrogens (tertiary/aromatic N) is 2. The number of benzene rings is 3. The molecule has 0 unspecified atom stereocenters. The Balaban J connectivity index is 1.28. The topological polar surface area (TPSA) is 64.7 Å². The molecule has 0 saturated carbocycles. The maximum Gasteiger partial charge on any atom is 0.416 e. The number of carbonyl (C=O) groups is 2. The zero-order valence-electron chi connectivity index (χ0n) is 18.2. The van der Waals surface area contributed by atoms with E-state index < -0.39 is 17.8 Å². The summed E-state index contributed by atoms with van der Waals surface area (Å²) in [6, 6.07) is 20.1. The van der Waals surface area contributed by atoms with Gasteiger partial charge in [-0.25, -0.2) is 4.79 Å². The first-order valence-electron chi connectivity index (χ1n) is 10.7. The van der Waals surface area contributed by atoms with Crippen LogP contribution in [0.1, 0.15) is 15.9 Å². The number of hydrogen-bond donors (Lipinski definition) is 2. The molecule has 9 heteroatoms. The molecule has 1 heterocycles. The summed E-state index contributed by atoms with van der Waals surface area (Å²) in [5, 5.41) is 5.17. The summed E-state index contributed by atoms with van der Waals surface area (Å²) in [6.45, 7) is 2.62. The van der Waals surface area contributed by atoms with E-state index in [9.17, 15) is 22.8 Å². The van der Waals surface area contributed by atoms with Gasteiger partial charge in [-0.3, -0.25) is 4.79 Å². The van der Waals surface area contributed by atoms with E-state index in [2.05, 4.69) is 15.5 Å². The molecule has 0 aromatic heterocycles. The van der Waals surface area contributed by atoms with E-state index in [0.29, 0.717) is 37.4 Å². The molecule has 3 aromatic carbocycles. The van der Waals surface area contributed by atoms with Crippen LogP contribution in [0, 0.1) is 0 Å². The molecule has 3 amide bonds. The van der Waals surface area contributed by atoms with Gasteiger partial charge < -0.3 is 20.4 Å². The van der Waals surface area contributed by atoms with E-state index in [-0.39, 0.29) is 11.6 Å². The first-order chi connectivity index (χ1) is 16.3. The number of piperazine rings is 1. The summed E-state index contributed by atoms with van der Waals surface area (Å²) < 4.78 is 37.9. The number of alkyl halides is 3. The normalized spacial score (nSPS) is 14.0. The van der Waals surface area contributed by atoms with Crippen LogP contribution in [0.4, 0.5) is 35.0 Å². The quantitative estimate of drug-likeness (QED) is 0.545. The van der Waals surface area contributed by atoms with Crippen molar-refractivity contribution in [1.82, 2.24) is 4.90 Å². The fraction of sp³-hybridized carbons (Fsp3) is 0.200. The Morgan fingerprint density at radius 1 is 0.706 bits per heavy atom. The highest BCUT2D eigenvalue weighted by atomic mass is 19.4. The van der Waals surface area contributed by atoms with Crippen molar-refractivity contribution >= 4 is 29.0 Å². The van der Waals surface area contributed by atoms with Crippen LogP contribution in [0.15, 0.2) is 78.9 Å². The van der Waals surface area contributed by atoms with Crippen molar-refractivity contribution in [3.8, 4) is 0 Å². The van der Waals surface area contributed by atoms with Crippen molar-refractivity contribution in [2.45, 2.75) is 6.18 Å². The number of rotatable bonds is 4. The van der Waals surface area contributed by atoms with Gasteiger partial charge in [-0.2, -0.15) is 13.2 Å². The Hall–Kier alpha value is -4.01. The average molecular weight is 468 g/mol. The second-order valence-electron chi connectivity index (χ2n) is 7.85. The molecule has 0 atom stereocenters. The van der Waals surface area contributed by atoms with Crippen LogP contribution in [0.25, 0.3) is 0 Å². The van der Waals surface area contributed by atoms with Crippen molar-refractivity contribution in [2.24, 2.45) is 0 Å². The second kappa shape index (κ2) is 9.86. The van der Waals surface area contributed by atoms with Gasteiger partial charge in [0, 0.05) is 48.8 Å². The van der Waals surface area contributed by atoms with Gasteiger partial charge in [0.05, 0.1) is 5.56 Å². The lowest BCUT2D eigenvalue weighted by atomic mass is 10.1. The molecule has 2 N–H and O–H groups in total. The fourth-order valence-electron chi connectivity index (χ4n) is 3.72. The SMILES string of the molecule is O=C(Nc1ccc(N2CCN(C(=O)c3ccccc3)CC2)cc1)Nc1ccc(C(F)(F)F)cc1. The van der Waals surface area contributed by atoms with Gasteiger partial charge in [0.15, 0.2) is 0 Å². The third-order valence-corrected chi connectivity index (χ3v) is 5.55. The number of urea groups is 1. The summed E-state index contributed by atoms with van der Waals surface area (Å²) in [5.74, 6) is 0.0267. The first-order valence-corrected chi connectivity index (χ1v) is 10.7. The molecular formula is C25H23F3N4O2. The number of carbonyl (C=O) groups excluding carboxylic acids is 2. The third kappa shape index (κ3) is 5.67. The Labute approximate surface area is 195 Å². The molecule has 6 nitrogen and oxygen atoms in total. The zero-order chi connectivity index (χ0) is 24.1. The van der Waals surface area contributed by atoms with Crippen LogP contribution in [-0.2, 0) is 6.18 Å². The molecule has 0 radical (unpaired) electrons. The van der Waals surface area contributed by atoms with Crippen molar-refractivity contribution in [1.29, 1.82) is 0 Å². The molecule has 3 aromatic rings. The molecule has 0 spiro atoms. The van der Waals surface area contributed by atoms with Gasteiger partial charge in [0.25, 0.3) is 5.91 Å². The minimum absolute atomic E-state index is 0.0267. The largest absolute Gasteiger partial charge is 0.416 e. The fourth-order valence-corrected chi connectivity index (χ4v) is 3.72. The van der Waals surface area contributed by atoms with Crippen LogP contribution in [0.2, 0.25) is 0 Å². The maximum atomic E-state index is 12.6. The highest BCUT2D eigenvalue weighted by Gasteiger charge is 2.30. The molecule has 1 aliphatic heterocycles. The Kier molecular flexibility index (Phi) is 6.72. The van der Waals surface area contributed by atoms with Crippen LogP contribution < -0.4 is 15.5 Å². The molecule has 4 rings (SSSR count). The highest BCUT2D eigenvalue weighted by molar-refractivity contribution is 5.99. The summed E-state index contributed by atoms with van der Waals surface area (Å²) in [4.78, 5) is 28.8. The third-order valence-electron chi connectivity index (χ3n) is 5.55. The van der Waals surface area contributed by atoms with E-state index in [0.717, 1.165) is 17.8 Å². The number of amides is 3.